The lowest BCUT2D eigenvalue weighted by Gasteiger charge is -2.29. The molecule has 0 radical (unpaired) electrons. The Kier molecular flexibility index (Phi) is 3.40. The molecule has 0 N–H and O–H groups in total. The SMILES string of the molecule is C=CCC1CCC(C(F)(F)F)CC1. The van der Waals surface area contributed by atoms with Crippen LogP contribution in [0.4, 0.5) is 13.2 Å². The van der Waals surface area contributed by atoms with E-state index in [0.717, 1.165) is 6.42 Å². The zero-order valence-electron chi connectivity index (χ0n) is 7.61. The first-order valence-electron chi connectivity index (χ1n) is 4.71. The highest BCUT2D eigenvalue weighted by atomic mass is 19.4. The molecule has 1 fully saturated rings. The molecule has 0 bridgehead atoms. The Hall–Kier alpha value is -0.470. The summed E-state index contributed by atoms with van der Waals surface area (Å²) >= 11 is 0. The van der Waals surface area contributed by atoms with E-state index in [1.807, 2.05) is 0 Å². The normalized spacial score (nSPS) is 30.1. The van der Waals surface area contributed by atoms with E-state index in [4.69, 9.17) is 0 Å². The summed E-state index contributed by atoms with van der Waals surface area (Å²) in [7, 11) is 0. The van der Waals surface area contributed by atoms with Gasteiger partial charge in [0.15, 0.2) is 0 Å². The first kappa shape index (κ1) is 10.6. The Bertz CT molecular complexity index is 163. The number of hydrogen-bond acceptors (Lipinski definition) is 0. The Labute approximate surface area is 76.8 Å². The molecule has 1 saturated carbocycles. The van der Waals surface area contributed by atoms with Gasteiger partial charge >= 0.3 is 6.18 Å². The Morgan fingerprint density at radius 2 is 1.69 bits per heavy atom. The van der Waals surface area contributed by atoms with Crippen LogP contribution in [-0.4, -0.2) is 6.18 Å². The number of rotatable bonds is 2. The molecule has 0 heterocycles. The first-order chi connectivity index (χ1) is 6.04. The van der Waals surface area contributed by atoms with Gasteiger partial charge in [0.05, 0.1) is 5.92 Å². The molecule has 13 heavy (non-hydrogen) atoms. The average molecular weight is 192 g/mol. The molecule has 1 rings (SSSR count). The molecule has 0 aliphatic heterocycles. The van der Waals surface area contributed by atoms with Crippen molar-refractivity contribution >= 4 is 0 Å². The van der Waals surface area contributed by atoms with Crippen LogP contribution in [0.15, 0.2) is 12.7 Å². The summed E-state index contributed by atoms with van der Waals surface area (Å²) in [5.41, 5.74) is 0. The molecule has 1 aliphatic rings. The quantitative estimate of drug-likeness (QED) is 0.581. The Morgan fingerprint density at radius 3 is 2.08 bits per heavy atom. The van der Waals surface area contributed by atoms with E-state index in [9.17, 15) is 13.2 Å². The standard InChI is InChI=1S/C10H15F3/c1-2-3-8-4-6-9(7-5-8)10(11,12)13/h2,8-9H,1,3-7H2. The van der Waals surface area contributed by atoms with Crippen LogP contribution >= 0.6 is 0 Å². The predicted molar refractivity (Wildman–Crippen MR) is 46.3 cm³/mol. The third kappa shape index (κ3) is 3.05. The van der Waals surface area contributed by atoms with Crippen LogP contribution in [0.5, 0.6) is 0 Å². The second-order valence-electron chi connectivity index (χ2n) is 3.78. The van der Waals surface area contributed by atoms with Gasteiger partial charge in [0.25, 0.3) is 0 Å². The van der Waals surface area contributed by atoms with Gasteiger partial charge in [0.1, 0.15) is 0 Å². The second kappa shape index (κ2) is 4.16. The number of halogens is 3. The van der Waals surface area contributed by atoms with Crippen LogP contribution in [0.3, 0.4) is 0 Å². The van der Waals surface area contributed by atoms with Crippen LogP contribution < -0.4 is 0 Å². The topological polar surface area (TPSA) is 0 Å². The lowest BCUT2D eigenvalue weighted by atomic mass is 9.80. The minimum Gasteiger partial charge on any atom is -0.171 e. The molecule has 0 saturated heterocycles. The maximum absolute atomic E-state index is 12.2. The molecule has 0 unspecified atom stereocenters. The smallest absolute Gasteiger partial charge is 0.171 e. The van der Waals surface area contributed by atoms with Crippen molar-refractivity contribution in [2.45, 2.75) is 38.3 Å². The Balaban J connectivity index is 2.34. The van der Waals surface area contributed by atoms with E-state index in [-0.39, 0.29) is 0 Å². The molecule has 0 atom stereocenters. The molecule has 0 amide bonds. The van der Waals surface area contributed by atoms with E-state index in [1.165, 1.54) is 0 Å². The van der Waals surface area contributed by atoms with Gasteiger partial charge in [-0.05, 0) is 38.0 Å². The molecule has 76 valence electrons. The summed E-state index contributed by atoms with van der Waals surface area (Å²) in [6, 6.07) is 0. The summed E-state index contributed by atoms with van der Waals surface area (Å²) in [5.74, 6) is -0.607. The highest BCUT2D eigenvalue weighted by Gasteiger charge is 2.40. The van der Waals surface area contributed by atoms with Gasteiger partial charge in [-0.1, -0.05) is 6.08 Å². The van der Waals surface area contributed by atoms with Gasteiger partial charge in [-0.2, -0.15) is 13.2 Å². The van der Waals surface area contributed by atoms with Crippen molar-refractivity contribution in [3.63, 3.8) is 0 Å². The van der Waals surface area contributed by atoms with E-state index in [0.29, 0.717) is 31.6 Å². The Morgan fingerprint density at radius 1 is 1.15 bits per heavy atom. The fourth-order valence-electron chi connectivity index (χ4n) is 1.96. The molecule has 0 aromatic carbocycles. The third-order valence-electron chi connectivity index (χ3n) is 2.81. The minimum absolute atomic E-state index is 0.308. The molecule has 1 aliphatic carbocycles. The number of alkyl halides is 3. The van der Waals surface area contributed by atoms with Gasteiger partial charge in [0, 0.05) is 0 Å². The summed E-state index contributed by atoms with van der Waals surface area (Å²) < 4.78 is 36.7. The van der Waals surface area contributed by atoms with Gasteiger partial charge in [-0.25, -0.2) is 0 Å². The van der Waals surface area contributed by atoms with Crippen LogP contribution in [0, 0.1) is 11.8 Å². The van der Waals surface area contributed by atoms with Gasteiger partial charge in [0.2, 0.25) is 0 Å². The van der Waals surface area contributed by atoms with E-state index in [1.54, 1.807) is 6.08 Å². The molecule has 0 aromatic heterocycles. The van der Waals surface area contributed by atoms with Crippen LogP contribution in [0.1, 0.15) is 32.1 Å². The molecule has 3 heteroatoms. The highest BCUT2D eigenvalue weighted by Crippen LogP contribution is 2.40. The zero-order valence-corrected chi connectivity index (χ0v) is 7.61. The average Bonchev–Trinajstić information content (AvgIpc) is 2.04. The van der Waals surface area contributed by atoms with E-state index < -0.39 is 12.1 Å². The van der Waals surface area contributed by atoms with Crippen molar-refractivity contribution in [3.05, 3.63) is 12.7 Å². The summed E-state index contributed by atoms with van der Waals surface area (Å²) in [4.78, 5) is 0. The summed E-state index contributed by atoms with van der Waals surface area (Å²) in [6.07, 6.45) is 0.721. The molecular formula is C10H15F3. The van der Waals surface area contributed by atoms with Gasteiger partial charge < -0.3 is 0 Å². The van der Waals surface area contributed by atoms with Crippen molar-refractivity contribution in [1.29, 1.82) is 0 Å². The fraction of sp³-hybridized carbons (Fsp3) is 0.800. The maximum Gasteiger partial charge on any atom is 0.391 e. The van der Waals surface area contributed by atoms with Crippen LogP contribution in [0.25, 0.3) is 0 Å². The van der Waals surface area contributed by atoms with Crippen molar-refractivity contribution in [2.75, 3.05) is 0 Å². The monoisotopic (exact) mass is 192 g/mol. The van der Waals surface area contributed by atoms with Crippen molar-refractivity contribution < 1.29 is 13.2 Å². The fourth-order valence-corrected chi connectivity index (χ4v) is 1.96. The van der Waals surface area contributed by atoms with Crippen molar-refractivity contribution in [2.24, 2.45) is 11.8 Å². The van der Waals surface area contributed by atoms with Crippen LogP contribution in [-0.2, 0) is 0 Å². The molecule has 0 aromatic rings. The van der Waals surface area contributed by atoms with E-state index in [2.05, 4.69) is 6.58 Å². The molecule has 0 nitrogen and oxygen atoms in total. The number of hydrogen-bond donors (Lipinski definition) is 0. The molecule has 0 spiro atoms. The molecular weight excluding hydrogens is 177 g/mol. The minimum atomic E-state index is -3.97. The van der Waals surface area contributed by atoms with Crippen molar-refractivity contribution in [3.8, 4) is 0 Å². The number of allylic oxidation sites excluding steroid dienone is 1. The predicted octanol–water partition coefficient (Wildman–Crippen LogP) is 3.93. The van der Waals surface area contributed by atoms with E-state index >= 15 is 0 Å². The second-order valence-corrected chi connectivity index (χ2v) is 3.78. The van der Waals surface area contributed by atoms with Gasteiger partial charge in [-0.15, -0.1) is 6.58 Å². The highest BCUT2D eigenvalue weighted by molar-refractivity contribution is 4.81. The summed E-state index contributed by atoms with van der Waals surface area (Å²) in [6.45, 7) is 3.60. The largest absolute Gasteiger partial charge is 0.391 e. The van der Waals surface area contributed by atoms with Crippen LogP contribution in [0.2, 0.25) is 0 Å². The lowest BCUT2D eigenvalue weighted by Crippen LogP contribution is -2.27. The zero-order chi connectivity index (χ0) is 9.90. The summed E-state index contributed by atoms with van der Waals surface area (Å²) in [5, 5.41) is 0. The first-order valence-corrected chi connectivity index (χ1v) is 4.71. The maximum atomic E-state index is 12.2. The lowest BCUT2D eigenvalue weighted by molar-refractivity contribution is -0.183. The third-order valence-corrected chi connectivity index (χ3v) is 2.81. The van der Waals surface area contributed by atoms with Gasteiger partial charge in [-0.3, -0.25) is 0 Å². The van der Waals surface area contributed by atoms with Crippen molar-refractivity contribution in [1.82, 2.24) is 0 Å².